The molecule has 1 amide bonds. The Morgan fingerprint density at radius 1 is 1.44 bits per heavy atom. The van der Waals surface area contributed by atoms with Crippen LogP contribution in [0.3, 0.4) is 0 Å². The second-order valence-corrected chi connectivity index (χ2v) is 4.52. The smallest absolute Gasteiger partial charge is 0.224 e. The van der Waals surface area contributed by atoms with Crippen molar-refractivity contribution in [2.75, 3.05) is 6.54 Å². The maximum atomic E-state index is 11.7. The average molecular weight is 246 g/mol. The SMILES string of the molecule is CC(O)CCNC(=O)Cc1c[nH]c2ccccc12. The Labute approximate surface area is 106 Å². The predicted octanol–water partition coefficient (Wildman–Crippen LogP) is 1.60. The fourth-order valence-corrected chi connectivity index (χ4v) is 1.93. The Kier molecular flexibility index (Phi) is 3.99. The number of H-pyrrole nitrogens is 1. The number of carbonyl (C=O) groups excluding carboxylic acids is 1. The number of benzene rings is 1. The molecule has 0 spiro atoms. The predicted molar refractivity (Wildman–Crippen MR) is 71.3 cm³/mol. The minimum atomic E-state index is -0.376. The molecular formula is C14H18N2O2. The number of nitrogens with one attached hydrogen (secondary N) is 2. The summed E-state index contributed by atoms with van der Waals surface area (Å²) in [6.07, 6.45) is 2.45. The summed E-state index contributed by atoms with van der Waals surface area (Å²) in [5.74, 6) is -0.0135. The van der Waals surface area contributed by atoms with Gasteiger partial charge in [-0.2, -0.15) is 0 Å². The second kappa shape index (κ2) is 5.69. The number of fused-ring (bicyclic) bond motifs is 1. The van der Waals surface area contributed by atoms with Gasteiger partial charge in [0.25, 0.3) is 0 Å². The normalized spacial score (nSPS) is 12.6. The molecule has 4 heteroatoms. The van der Waals surface area contributed by atoms with Crippen molar-refractivity contribution in [3.8, 4) is 0 Å². The molecule has 0 aliphatic rings. The van der Waals surface area contributed by atoms with Gasteiger partial charge in [0.2, 0.25) is 5.91 Å². The fourth-order valence-electron chi connectivity index (χ4n) is 1.93. The molecule has 0 bridgehead atoms. The van der Waals surface area contributed by atoms with Crippen LogP contribution < -0.4 is 5.32 Å². The molecule has 1 atom stereocenters. The molecule has 2 rings (SSSR count). The van der Waals surface area contributed by atoms with Crippen molar-refractivity contribution < 1.29 is 9.90 Å². The number of carbonyl (C=O) groups is 1. The van der Waals surface area contributed by atoms with E-state index in [-0.39, 0.29) is 12.0 Å². The summed E-state index contributed by atoms with van der Waals surface area (Å²) in [6.45, 7) is 2.23. The van der Waals surface area contributed by atoms with E-state index in [1.807, 2.05) is 30.5 Å². The van der Waals surface area contributed by atoms with E-state index in [0.717, 1.165) is 16.5 Å². The molecule has 0 saturated heterocycles. The van der Waals surface area contributed by atoms with E-state index in [0.29, 0.717) is 19.4 Å². The van der Waals surface area contributed by atoms with Gasteiger partial charge in [0.15, 0.2) is 0 Å². The third-order valence-corrected chi connectivity index (χ3v) is 2.91. The van der Waals surface area contributed by atoms with E-state index in [1.165, 1.54) is 0 Å². The van der Waals surface area contributed by atoms with E-state index in [9.17, 15) is 4.79 Å². The summed E-state index contributed by atoms with van der Waals surface area (Å²) in [5, 5.41) is 13.0. The van der Waals surface area contributed by atoms with Crippen molar-refractivity contribution in [1.82, 2.24) is 10.3 Å². The first-order valence-corrected chi connectivity index (χ1v) is 6.16. The molecule has 1 aromatic carbocycles. The summed E-state index contributed by atoms with van der Waals surface area (Å²) >= 11 is 0. The summed E-state index contributed by atoms with van der Waals surface area (Å²) < 4.78 is 0. The lowest BCUT2D eigenvalue weighted by Gasteiger charge is -2.06. The van der Waals surface area contributed by atoms with Gasteiger partial charge in [-0.15, -0.1) is 0 Å². The Morgan fingerprint density at radius 2 is 2.22 bits per heavy atom. The first-order chi connectivity index (χ1) is 8.66. The number of para-hydroxylation sites is 1. The molecule has 4 nitrogen and oxygen atoms in total. The van der Waals surface area contributed by atoms with Crippen LogP contribution in [0.5, 0.6) is 0 Å². The third kappa shape index (κ3) is 3.11. The Balaban J connectivity index is 1.95. The van der Waals surface area contributed by atoms with Crippen LogP contribution >= 0.6 is 0 Å². The highest BCUT2D eigenvalue weighted by Gasteiger charge is 2.08. The van der Waals surface area contributed by atoms with Gasteiger partial charge >= 0.3 is 0 Å². The molecule has 0 saturated carbocycles. The summed E-state index contributed by atoms with van der Waals surface area (Å²) in [5.41, 5.74) is 2.05. The number of aromatic amines is 1. The quantitative estimate of drug-likeness (QED) is 0.750. The van der Waals surface area contributed by atoms with Gasteiger partial charge in [-0.25, -0.2) is 0 Å². The van der Waals surface area contributed by atoms with E-state index in [4.69, 9.17) is 5.11 Å². The van der Waals surface area contributed by atoms with Crippen LogP contribution in [0.1, 0.15) is 18.9 Å². The van der Waals surface area contributed by atoms with Crippen molar-refractivity contribution in [2.24, 2.45) is 0 Å². The zero-order valence-corrected chi connectivity index (χ0v) is 10.4. The molecule has 96 valence electrons. The molecule has 0 aliphatic heterocycles. The molecule has 3 N–H and O–H groups in total. The maximum absolute atomic E-state index is 11.7. The third-order valence-electron chi connectivity index (χ3n) is 2.91. The summed E-state index contributed by atoms with van der Waals surface area (Å²) in [4.78, 5) is 14.9. The highest BCUT2D eigenvalue weighted by molar-refractivity contribution is 5.88. The number of hydrogen-bond acceptors (Lipinski definition) is 2. The van der Waals surface area contributed by atoms with Crippen LogP contribution in [0.15, 0.2) is 30.5 Å². The number of hydrogen-bond donors (Lipinski definition) is 3. The zero-order valence-electron chi connectivity index (χ0n) is 10.4. The second-order valence-electron chi connectivity index (χ2n) is 4.52. The van der Waals surface area contributed by atoms with E-state index in [1.54, 1.807) is 6.92 Å². The van der Waals surface area contributed by atoms with Crippen LogP contribution in [0.4, 0.5) is 0 Å². The first kappa shape index (κ1) is 12.6. The van der Waals surface area contributed by atoms with Crippen LogP contribution in [0.2, 0.25) is 0 Å². The summed E-state index contributed by atoms with van der Waals surface area (Å²) in [7, 11) is 0. The fraction of sp³-hybridized carbons (Fsp3) is 0.357. The van der Waals surface area contributed by atoms with Crippen molar-refractivity contribution in [1.29, 1.82) is 0 Å². The lowest BCUT2D eigenvalue weighted by molar-refractivity contribution is -0.120. The zero-order chi connectivity index (χ0) is 13.0. The number of aromatic nitrogens is 1. The first-order valence-electron chi connectivity index (χ1n) is 6.16. The number of aliphatic hydroxyl groups is 1. The van der Waals surface area contributed by atoms with Crippen molar-refractivity contribution >= 4 is 16.8 Å². The molecule has 1 unspecified atom stereocenters. The lowest BCUT2D eigenvalue weighted by Crippen LogP contribution is -2.27. The molecule has 1 aromatic heterocycles. The van der Waals surface area contributed by atoms with E-state index >= 15 is 0 Å². The Hall–Kier alpha value is -1.81. The van der Waals surface area contributed by atoms with Crippen LogP contribution in [-0.4, -0.2) is 28.6 Å². The van der Waals surface area contributed by atoms with Crippen molar-refractivity contribution in [2.45, 2.75) is 25.9 Å². The van der Waals surface area contributed by atoms with Gasteiger partial charge in [-0.1, -0.05) is 18.2 Å². The van der Waals surface area contributed by atoms with E-state index in [2.05, 4.69) is 10.3 Å². The van der Waals surface area contributed by atoms with Gasteiger partial charge < -0.3 is 15.4 Å². The van der Waals surface area contributed by atoms with Crippen molar-refractivity contribution in [3.05, 3.63) is 36.0 Å². The molecule has 2 aromatic rings. The van der Waals surface area contributed by atoms with Crippen LogP contribution in [0, 0.1) is 0 Å². The highest BCUT2D eigenvalue weighted by atomic mass is 16.3. The van der Waals surface area contributed by atoms with Crippen LogP contribution in [-0.2, 0) is 11.2 Å². The number of rotatable bonds is 5. The summed E-state index contributed by atoms with van der Waals surface area (Å²) in [6, 6.07) is 7.92. The van der Waals surface area contributed by atoms with Gasteiger partial charge in [0.1, 0.15) is 0 Å². The van der Waals surface area contributed by atoms with Crippen molar-refractivity contribution in [3.63, 3.8) is 0 Å². The number of amides is 1. The monoisotopic (exact) mass is 246 g/mol. The lowest BCUT2D eigenvalue weighted by atomic mass is 10.1. The largest absolute Gasteiger partial charge is 0.393 e. The minimum absolute atomic E-state index is 0.0135. The van der Waals surface area contributed by atoms with Gasteiger partial charge in [0.05, 0.1) is 12.5 Å². The number of aliphatic hydroxyl groups excluding tert-OH is 1. The molecule has 1 heterocycles. The Morgan fingerprint density at radius 3 is 3.00 bits per heavy atom. The van der Waals surface area contributed by atoms with Gasteiger partial charge in [0, 0.05) is 23.6 Å². The molecule has 18 heavy (non-hydrogen) atoms. The van der Waals surface area contributed by atoms with Gasteiger partial charge in [-0.3, -0.25) is 4.79 Å². The topological polar surface area (TPSA) is 65.1 Å². The molecule has 0 aliphatic carbocycles. The van der Waals surface area contributed by atoms with Crippen LogP contribution in [0.25, 0.3) is 10.9 Å². The average Bonchev–Trinajstić information content (AvgIpc) is 2.72. The minimum Gasteiger partial charge on any atom is -0.393 e. The Bertz CT molecular complexity index is 531. The molecule has 0 radical (unpaired) electrons. The standard InChI is InChI=1S/C14H18N2O2/c1-10(17)6-7-15-14(18)8-11-9-16-13-5-3-2-4-12(11)13/h2-5,9-10,16-17H,6-8H2,1H3,(H,15,18). The van der Waals surface area contributed by atoms with E-state index < -0.39 is 0 Å². The van der Waals surface area contributed by atoms with Gasteiger partial charge in [-0.05, 0) is 25.0 Å². The molecule has 0 fully saturated rings. The highest BCUT2D eigenvalue weighted by Crippen LogP contribution is 2.17. The molecular weight excluding hydrogens is 228 g/mol. The maximum Gasteiger partial charge on any atom is 0.224 e.